The molecule has 0 radical (unpaired) electrons. The second-order valence-corrected chi connectivity index (χ2v) is 10.2. The van der Waals surface area contributed by atoms with E-state index in [1.54, 1.807) is 23.9 Å². The Balaban J connectivity index is 1.57. The molecule has 0 saturated heterocycles. The van der Waals surface area contributed by atoms with Gasteiger partial charge in [0.25, 0.3) is 5.91 Å². The summed E-state index contributed by atoms with van der Waals surface area (Å²) < 4.78 is 1.69. The standard InChI is InChI=1S/C20H20BrN3OS2/c1-20(2,3)15-9-7-13(8-10-15)12-26-19-24-23-18(27-19)22-17(25)14-5-4-6-16(21)11-14/h4-11H,12H2,1-3H3,(H,22,23,25). The number of hydrogen-bond acceptors (Lipinski definition) is 5. The van der Waals surface area contributed by atoms with Crippen molar-refractivity contribution >= 4 is 50.1 Å². The maximum absolute atomic E-state index is 12.3. The molecule has 0 atom stereocenters. The quantitative estimate of drug-likeness (QED) is 0.365. The molecular weight excluding hydrogens is 442 g/mol. The van der Waals surface area contributed by atoms with Crippen molar-refractivity contribution in [3.05, 3.63) is 69.7 Å². The lowest BCUT2D eigenvalue weighted by atomic mass is 9.87. The van der Waals surface area contributed by atoms with E-state index in [9.17, 15) is 4.79 Å². The summed E-state index contributed by atoms with van der Waals surface area (Å²) in [6.07, 6.45) is 0. The van der Waals surface area contributed by atoms with Gasteiger partial charge in [0.05, 0.1) is 0 Å². The van der Waals surface area contributed by atoms with Crippen LogP contribution in [0.3, 0.4) is 0 Å². The first-order valence-corrected chi connectivity index (χ1v) is 11.0. The number of carbonyl (C=O) groups is 1. The molecule has 0 aliphatic carbocycles. The van der Waals surface area contributed by atoms with Gasteiger partial charge >= 0.3 is 0 Å². The van der Waals surface area contributed by atoms with Crippen LogP contribution < -0.4 is 5.32 Å². The van der Waals surface area contributed by atoms with Gasteiger partial charge in [0.1, 0.15) is 0 Å². The van der Waals surface area contributed by atoms with Crippen molar-refractivity contribution < 1.29 is 4.79 Å². The lowest BCUT2D eigenvalue weighted by Gasteiger charge is -2.19. The van der Waals surface area contributed by atoms with Crippen molar-refractivity contribution in [3.8, 4) is 0 Å². The number of anilines is 1. The number of halogens is 1. The van der Waals surface area contributed by atoms with Crippen LogP contribution in [0.15, 0.2) is 57.3 Å². The Kier molecular flexibility index (Phi) is 6.34. The van der Waals surface area contributed by atoms with E-state index in [4.69, 9.17) is 0 Å². The monoisotopic (exact) mass is 461 g/mol. The topological polar surface area (TPSA) is 54.9 Å². The van der Waals surface area contributed by atoms with E-state index < -0.39 is 0 Å². The number of hydrogen-bond donors (Lipinski definition) is 1. The molecule has 2 aromatic carbocycles. The van der Waals surface area contributed by atoms with Crippen molar-refractivity contribution in [2.45, 2.75) is 36.3 Å². The van der Waals surface area contributed by atoms with Crippen molar-refractivity contribution in [2.24, 2.45) is 0 Å². The summed E-state index contributed by atoms with van der Waals surface area (Å²) in [6, 6.07) is 15.9. The first-order valence-electron chi connectivity index (χ1n) is 8.44. The van der Waals surface area contributed by atoms with E-state index in [0.717, 1.165) is 14.6 Å². The fourth-order valence-corrected chi connectivity index (χ4v) is 4.47. The van der Waals surface area contributed by atoms with Crippen LogP contribution in [-0.4, -0.2) is 16.1 Å². The average Bonchev–Trinajstić information content (AvgIpc) is 3.07. The van der Waals surface area contributed by atoms with E-state index in [-0.39, 0.29) is 11.3 Å². The predicted octanol–water partition coefficient (Wildman–Crippen LogP) is 6.14. The molecule has 0 saturated carbocycles. The Morgan fingerprint density at radius 1 is 1.15 bits per heavy atom. The summed E-state index contributed by atoms with van der Waals surface area (Å²) in [4.78, 5) is 12.3. The highest BCUT2D eigenvalue weighted by atomic mass is 79.9. The summed E-state index contributed by atoms with van der Waals surface area (Å²) >= 11 is 6.37. The first-order chi connectivity index (χ1) is 12.8. The Bertz CT molecular complexity index is 933. The van der Waals surface area contributed by atoms with Crippen LogP contribution in [0.1, 0.15) is 42.3 Å². The Hall–Kier alpha value is -1.70. The summed E-state index contributed by atoms with van der Waals surface area (Å²) in [7, 11) is 0. The van der Waals surface area contributed by atoms with Gasteiger partial charge in [0, 0.05) is 15.8 Å². The Labute approximate surface area is 175 Å². The van der Waals surface area contributed by atoms with Crippen molar-refractivity contribution in [1.82, 2.24) is 10.2 Å². The molecule has 0 spiro atoms. The van der Waals surface area contributed by atoms with Crippen LogP contribution in [0.4, 0.5) is 5.13 Å². The predicted molar refractivity (Wildman–Crippen MR) is 117 cm³/mol. The summed E-state index contributed by atoms with van der Waals surface area (Å²) in [5.41, 5.74) is 3.30. The molecule has 1 amide bonds. The van der Waals surface area contributed by atoms with Crippen molar-refractivity contribution in [2.75, 3.05) is 5.32 Å². The second kappa shape index (κ2) is 8.54. The Morgan fingerprint density at radius 2 is 1.89 bits per heavy atom. The van der Waals surface area contributed by atoms with Crippen molar-refractivity contribution in [1.29, 1.82) is 0 Å². The normalized spacial score (nSPS) is 11.4. The van der Waals surface area contributed by atoms with E-state index >= 15 is 0 Å². The van der Waals surface area contributed by atoms with Gasteiger partial charge in [-0.25, -0.2) is 0 Å². The lowest BCUT2D eigenvalue weighted by Crippen LogP contribution is -2.11. The maximum Gasteiger partial charge on any atom is 0.257 e. The molecule has 1 N–H and O–H groups in total. The van der Waals surface area contributed by atoms with Crippen LogP contribution in [0.25, 0.3) is 0 Å². The van der Waals surface area contributed by atoms with Crippen LogP contribution in [0, 0.1) is 0 Å². The summed E-state index contributed by atoms with van der Waals surface area (Å²) in [5, 5.41) is 11.5. The van der Waals surface area contributed by atoms with Gasteiger partial charge in [-0.05, 0) is 34.7 Å². The minimum absolute atomic E-state index is 0.159. The molecule has 4 nitrogen and oxygen atoms in total. The zero-order chi connectivity index (χ0) is 19.4. The molecule has 7 heteroatoms. The van der Waals surface area contributed by atoms with E-state index in [1.807, 2.05) is 12.1 Å². The molecule has 0 fully saturated rings. The number of rotatable bonds is 5. The highest BCUT2D eigenvalue weighted by molar-refractivity contribution is 9.10. The third-order valence-electron chi connectivity index (χ3n) is 3.90. The first kappa shape index (κ1) is 20.0. The van der Waals surface area contributed by atoms with Gasteiger partial charge in [0.2, 0.25) is 5.13 Å². The molecule has 0 aliphatic heterocycles. The molecule has 3 rings (SSSR count). The van der Waals surface area contributed by atoms with Gasteiger partial charge in [0.15, 0.2) is 4.34 Å². The van der Waals surface area contributed by atoms with Crippen LogP contribution in [0.2, 0.25) is 0 Å². The number of thioether (sulfide) groups is 1. The van der Waals surface area contributed by atoms with Gasteiger partial charge in [-0.15, -0.1) is 10.2 Å². The lowest BCUT2D eigenvalue weighted by molar-refractivity contribution is 0.102. The zero-order valence-electron chi connectivity index (χ0n) is 15.3. The molecular formula is C20H20BrN3OS2. The zero-order valence-corrected chi connectivity index (χ0v) is 18.5. The minimum atomic E-state index is -0.193. The number of amides is 1. The Morgan fingerprint density at radius 3 is 2.56 bits per heavy atom. The van der Waals surface area contributed by atoms with Crippen LogP contribution >= 0.6 is 39.0 Å². The molecule has 0 unspecified atom stereocenters. The fourth-order valence-electron chi connectivity index (χ4n) is 2.36. The van der Waals surface area contributed by atoms with Gasteiger partial charge in [-0.1, -0.05) is 90.1 Å². The van der Waals surface area contributed by atoms with E-state index in [1.165, 1.54) is 22.5 Å². The molecule has 1 aromatic heterocycles. The van der Waals surface area contributed by atoms with E-state index in [0.29, 0.717) is 10.7 Å². The van der Waals surface area contributed by atoms with Crippen LogP contribution in [0.5, 0.6) is 0 Å². The third kappa shape index (κ3) is 5.64. The molecule has 1 heterocycles. The maximum atomic E-state index is 12.3. The van der Waals surface area contributed by atoms with Crippen molar-refractivity contribution in [3.63, 3.8) is 0 Å². The largest absolute Gasteiger partial charge is 0.296 e. The highest BCUT2D eigenvalue weighted by Crippen LogP contribution is 2.29. The highest BCUT2D eigenvalue weighted by Gasteiger charge is 2.14. The van der Waals surface area contributed by atoms with Gasteiger partial charge < -0.3 is 0 Å². The van der Waals surface area contributed by atoms with Crippen LogP contribution in [-0.2, 0) is 11.2 Å². The van der Waals surface area contributed by atoms with Gasteiger partial charge in [-0.3, -0.25) is 10.1 Å². The average molecular weight is 462 g/mol. The fraction of sp³-hybridized carbons (Fsp3) is 0.250. The number of benzene rings is 2. The number of carbonyl (C=O) groups excluding carboxylic acids is 1. The molecule has 27 heavy (non-hydrogen) atoms. The number of nitrogens with zero attached hydrogens (tertiary/aromatic N) is 2. The number of aromatic nitrogens is 2. The third-order valence-corrected chi connectivity index (χ3v) is 6.43. The number of nitrogens with one attached hydrogen (secondary N) is 1. The molecule has 0 bridgehead atoms. The van der Waals surface area contributed by atoms with E-state index in [2.05, 4.69) is 76.5 Å². The van der Waals surface area contributed by atoms with Gasteiger partial charge in [-0.2, -0.15) is 0 Å². The minimum Gasteiger partial charge on any atom is -0.296 e. The summed E-state index contributed by atoms with van der Waals surface area (Å²) in [6.45, 7) is 6.63. The molecule has 140 valence electrons. The summed E-state index contributed by atoms with van der Waals surface area (Å²) in [5.74, 6) is 0.625. The molecule has 3 aromatic rings. The smallest absolute Gasteiger partial charge is 0.257 e. The SMILES string of the molecule is CC(C)(C)c1ccc(CSc2nnc(NC(=O)c3cccc(Br)c3)s2)cc1. The second-order valence-electron chi connectivity index (χ2n) is 7.07. The molecule has 0 aliphatic rings.